The maximum Gasteiger partial charge on any atom is 0.139 e. The zero-order chi connectivity index (χ0) is 12.8. The second kappa shape index (κ2) is 7.09. The van der Waals surface area contributed by atoms with E-state index in [2.05, 4.69) is 9.38 Å². The first-order valence-corrected chi connectivity index (χ1v) is 7.34. The maximum absolute atomic E-state index is 11.6. The van der Waals surface area contributed by atoms with E-state index < -0.39 is 11.0 Å². The fourth-order valence-corrected chi connectivity index (χ4v) is 2.71. The van der Waals surface area contributed by atoms with Gasteiger partial charge in [0.25, 0.3) is 0 Å². The first kappa shape index (κ1) is 14.6. The van der Waals surface area contributed by atoms with E-state index >= 15 is 0 Å². The van der Waals surface area contributed by atoms with Gasteiger partial charge in [0.05, 0.1) is 5.71 Å². The van der Waals surface area contributed by atoms with E-state index in [1.807, 2.05) is 6.92 Å². The molecule has 0 amide bonds. The molecule has 6 heteroatoms. The molecule has 0 saturated carbocycles. The number of halogens is 2. The summed E-state index contributed by atoms with van der Waals surface area (Å²) in [4.78, 5) is 3.92. The van der Waals surface area contributed by atoms with Gasteiger partial charge >= 0.3 is 0 Å². The number of hydrogen-bond donors (Lipinski definition) is 0. The van der Waals surface area contributed by atoms with Gasteiger partial charge in [-0.2, -0.15) is 4.40 Å². The summed E-state index contributed by atoms with van der Waals surface area (Å²) in [5.41, 5.74) is 1.29. The van der Waals surface area contributed by atoms with Gasteiger partial charge in [0.15, 0.2) is 0 Å². The molecule has 0 radical (unpaired) electrons. The van der Waals surface area contributed by atoms with Crippen LogP contribution in [0.25, 0.3) is 0 Å². The van der Waals surface area contributed by atoms with Gasteiger partial charge < -0.3 is 0 Å². The molecule has 94 valence electrons. The van der Waals surface area contributed by atoms with Gasteiger partial charge in [-0.15, -0.1) is 0 Å². The molecule has 0 bridgehead atoms. The lowest BCUT2D eigenvalue weighted by Crippen LogP contribution is -2.02. The first-order valence-electron chi connectivity index (χ1n) is 5.30. The molecule has 1 heterocycles. The SMILES string of the molecule is CCCCS(=O)N=C(C)c1ccc(Cl)nc1Cl. The van der Waals surface area contributed by atoms with Gasteiger partial charge in [-0.1, -0.05) is 36.5 Å². The molecular formula is C11H14Cl2N2OS. The number of nitrogens with zero attached hydrogens (tertiary/aromatic N) is 2. The Morgan fingerprint density at radius 3 is 2.76 bits per heavy atom. The topological polar surface area (TPSA) is 42.3 Å². The number of unbranched alkanes of at least 4 members (excludes halogenated alkanes) is 1. The van der Waals surface area contributed by atoms with E-state index in [4.69, 9.17) is 23.2 Å². The summed E-state index contributed by atoms with van der Waals surface area (Å²) in [5, 5.41) is 0.616. The van der Waals surface area contributed by atoms with Crippen LogP contribution in [-0.4, -0.2) is 20.7 Å². The fourth-order valence-electron chi connectivity index (χ4n) is 1.20. The minimum Gasteiger partial charge on any atom is -0.235 e. The lowest BCUT2D eigenvalue weighted by atomic mass is 10.2. The average Bonchev–Trinajstić information content (AvgIpc) is 2.26. The van der Waals surface area contributed by atoms with Crippen LogP contribution >= 0.6 is 23.2 Å². The van der Waals surface area contributed by atoms with Gasteiger partial charge in [-0.05, 0) is 25.5 Å². The lowest BCUT2D eigenvalue weighted by molar-refractivity contribution is 0.681. The summed E-state index contributed by atoms with van der Waals surface area (Å²) in [5.74, 6) is 0.576. The minimum atomic E-state index is -1.20. The molecule has 0 fully saturated rings. The molecule has 1 aromatic heterocycles. The highest BCUT2D eigenvalue weighted by Gasteiger charge is 2.07. The largest absolute Gasteiger partial charge is 0.235 e. The van der Waals surface area contributed by atoms with Crippen LogP contribution in [0, 0.1) is 0 Å². The summed E-state index contributed by atoms with van der Waals surface area (Å²) >= 11 is 11.6. The zero-order valence-electron chi connectivity index (χ0n) is 9.74. The molecule has 1 aromatic rings. The Morgan fingerprint density at radius 2 is 2.18 bits per heavy atom. The van der Waals surface area contributed by atoms with E-state index in [0.717, 1.165) is 12.8 Å². The third-order valence-corrected chi connectivity index (χ3v) is 3.73. The first-order chi connectivity index (χ1) is 8.04. The molecule has 1 unspecified atom stereocenters. The second-order valence-electron chi connectivity index (χ2n) is 3.53. The van der Waals surface area contributed by atoms with E-state index in [9.17, 15) is 4.21 Å². The second-order valence-corrected chi connectivity index (χ2v) is 5.51. The Kier molecular flexibility index (Phi) is 6.09. The third kappa shape index (κ3) is 4.74. The number of hydrogen-bond acceptors (Lipinski definition) is 2. The third-order valence-electron chi connectivity index (χ3n) is 2.12. The number of pyridine rings is 1. The predicted molar refractivity (Wildman–Crippen MR) is 74.4 cm³/mol. The summed E-state index contributed by atoms with van der Waals surface area (Å²) in [6.07, 6.45) is 1.90. The molecule has 17 heavy (non-hydrogen) atoms. The maximum atomic E-state index is 11.6. The van der Waals surface area contributed by atoms with E-state index in [1.165, 1.54) is 0 Å². The Bertz CT molecular complexity index is 449. The average molecular weight is 293 g/mol. The van der Waals surface area contributed by atoms with E-state index in [0.29, 0.717) is 22.2 Å². The summed E-state index contributed by atoms with van der Waals surface area (Å²) in [6.45, 7) is 3.81. The van der Waals surface area contributed by atoms with Crippen molar-refractivity contribution in [3.8, 4) is 0 Å². The van der Waals surface area contributed by atoms with Gasteiger partial charge in [0.1, 0.15) is 21.3 Å². The minimum absolute atomic E-state index is 0.284. The molecule has 0 aromatic carbocycles. The molecule has 0 aliphatic carbocycles. The highest BCUT2D eigenvalue weighted by atomic mass is 35.5. The Hall–Kier alpha value is -0.450. The van der Waals surface area contributed by atoms with Gasteiger partial charge in [0, 0.05) is 11.3 Å². The summed E-state index contributed by atoms with van der Waals surface area (Å²) in [7, 11) is -1.20. The zero-order valence-corrected chi connectivity index (χ0v) is 12.1. The van der Waals surface area contributed by atoms with Crippen LogP contribution < -0.4 is 0 Å². The van der Waals surface area contributed by atoms with E-state index in [1.54, 1.807) is 19.1 Å². The van der Waals surface area contributed by atoms with Crippen LogP contribution in [0.1, 0.15) is 32.3 Å². The monoisotopic (exact) mass is 292 g/mol. The van der Waals surface area contributed by atoms with Crippen molar-refractivity contribution in [1.29, 1.82) is 0 Å². The number of aromatic nitrogens is 1. The normalized spacial score (nSPS) is 13.8. The molecule has 3 nitrogen and oxygen atoms in total. The smallest absolute Gasteiger partial charge is 0.139 e. The Morgan fingerprint density at radius 1 is 1.47 bits per heavy atom. The van der Waals surface area contributed by atoms with Crippen LogP contribution in [0.5, 0.6) is 0 Å². The van der Waals surface area contributed by atoms with Crippen molar-refractivity contribution in [3.05, 3.63) is 28.0 Å². The van der Waals surface area contributed by atoms with Crippen molar-refractivity contribution >= 4 is 39.9 Å². The number of rotatable bonds is 5. The van der Waals surface area contributed by atoms with Crippen molar-refractivity contribution in [1.82, 2.24) is 4.98 Å². The van der Waals surface area contributed by atoms with Crippen molar-refractivity contribution in [3.63, 3.8) is 0 Å². The highest BCUT2D eigenvalue weighted by molar-refractivity contribution is 7.83. The molecule has 0 spiro atoms. The Labute approximate surface area is 114 Å². The molecule has 0 N–H and O–H groups in total. The predicted octanol–water partition coefficient (Wildman–Crippen LogP) is 3.66. The Balaban J connectivity index is 2.84. The van der Waals surface area contributed by atoms with Crippen LogP contribution in [0.3, 0.4) is 0 Å². The quantitative estimate of drug-likeness (QED) is 0.614. The van der Waals surface area contributed by atoms with Crippen molar-refractivity contribution < 1.29 is 4.21 Å². The molecular weight excluding hydrogens is 279 g/mol. The van der Waals surface area contributed by atoms with Crippen LogP contribution in [0.2, 0.25) is 10.3 Å². The molecule has 1 atom stereocenters. The van der Waals surface area contributed by atoms with Crippen LogP contribution in [0.15, 0.2) is 16.5 Å². The molecule has 0 aliphatic heterocycles. The van der Waals surface area contributed by atoms with Crippen molar-refractivity contribution in [2.24, 2.45) is 4.40 Å². The molecule has 1 rings (SSSR count). The van der Waals surface area contributed by atoms with Crippen LogP contribution in [0.4, 0.5) is 0 Å². The molecule has 0 saturated heterocycles. The van der Waals surface area contributed by atoms with Crippen molar-refractivity contribution in [2.45, 2.75) is 26.7 Å². The van der Waals surface area contributed by atoms with Crippen LogP contribution in [-0.2, 0) is 11.0 Å². The van der Waals surface area contributed by atoms with Gasteiger partial charge in [-0.25, -0.2) is 9.19 Å². The standard InChI is InChI=1S/C11H14Cl2N2OS/c1-3-4-7-17(16)15-8(2)9-5-6-10(12)14-11(9)13/h5-6H,3-4,7H2,1-2H3. The summed E-state index contributed by atoms with van der Waals surface area (Å²) < 4.78 is 15.7. The highest BCUT2D eigenvalue weighted by Crippen LogP contribution is 2.17. The van der Waals surface area contributed by atoms with Gasteiger partial charge in [0.2, 0.25) is 0 Å². The molecule has 0 aliphatic rings. The van der Waals surface area contributed by atoms with Crippen molar-refractivity contribution in [2.75, 3.05) is 5.75 Å². The van der Waals surface area contributed by atoms with Gasteiger partial charge in [-0.3, -0.25) is 0 Å². The fraction of sp³-hybridized carbons (Fsp3) is 0.455. The van der Waals surface area contributed by atoms with E-state index in [-0.39, 0.29) is 5.15 Å². The summed E-state index contributed by atoms with van der Waals surface area (Å²) in [6, 6.07) is 3.37. The lowest BCUT2D eigenvalue weighted by Gasteiger charge is -2.03.